The number of amides is 4. The first-order chi connectivity index (χ1) is 14.7. The molecule has 0 unspecified atom stereocenters. The third-order valence-corrected chi connectivity index (χ3v) is 6.15. The van der Waals surface area contributed by atoms with Crippen LogP contribution in [0.3, 0.4) is 0 Å². The maximum absolute atomic E-state index is 13.2. The summed E-state index contributed by atoms with van der Waals surface area (Å²) in [5.41, 5.74) is 0.848. The van der Waals surface area contributed by atoms with Gasteiger partial charge in [-0.3, -0.25) is 9.59 Å². The molecule has 170 valence electrons. The Bertz CT molecular complexity index is 818. The molecule has 2 saturated heterocycles. The molecule has 2 aliphatic rings. The van der Waals surface area contributed by atoms with Crippen LogP contribution in [-0.4, -0.2) is 73.1 Å². The van der Waals surface area contributed by atoms with E-state index in [1.165, 1.54) is 0 Å². The van der Waals surface area contributed by atoms with Gasteiger partial charge < -0.3 is 25.2 Å². The van der Waals surface area contributed by atoms with Crippen molar-refractivity contribution < 1.29 is 19.1 Å². The SMILES string of the molecule is C[C@@H]1C[C@H](C)CN(C(=O)c2cc(Br)ccc2NC(=O)N[C@@H](C)C(=O)N2CCOCC2)C1. The van der Waals surface area contributed by atoms with Gasteiger partial charge in [-0.25, -0.2) is 4.79 Å². The van der Waals surface area contributed by atoms with E-state index in [4.69, 9.17) is 4.74 Å². The van der Waals surface area contributed by atoms with E-state index in [-0.39, 0.29) is 11.8 Å². The quantitative estimate of drug-likeness (QED) is 0.672. The molecule has 31 heavy (non-hydrogen) atoms. The predicted molar refractivity (Wildman–Crippen MR) is 122 cm³/mol. The molecule has 0 aromatic heterocycles. The van der Waals surface area contributed by atoms with Gasteiger partial charge in [-0.1, -0.05) is 29.8 Å². The zero-order chi connectivity index (χ0) is 22.5. The number of morpholine rings is 1. The van der Waals surface area contributed by atoms with Crippen molar-refractivity contribution in [3.05, 3.63) is 28.2 Å². The molecule has 0 aliphatic carbocycles. The van der Waals surface area contributed by atoms with Crippen molar-refractivity contribution in [1.82, 2.24) is 15.1 Å². The first-order valence-electron chi connectivity index (χ1n) is 10.8. The Kier molecular flexibility index (Phi) is 7.94. The van der Waals surface area contributed by atoms with Crippen molar-refractivity contribution in [2.75, 3.05) is 44.7 Å². The molecule has 0 bridgehead atoms. The van der Waals surface area contributed by atoms with Gasteiger partial charge in [-0.15, -0.1) is 0 Å². The molecule has 4 amide bonds. The minimum atomic E-state index is -0.684. The van der Waals surface area contributed by atoms with E-state index < -0.39 is 12.1 Å². The molecule has 2 fully saturated rings. The van der Waals surface area contributed by atoms with Crippen LogP contribution >= 0.6 is 15.9 Å². The van der Waals surface area contributed by atoms with Crippen molar-refractivity contribution in [2.45, 2.75) is 33.2 Å². The Labute approximate surface area is 191 Å². The molecule has 0 spiro atoms. The Balaban J connectivity index is 1.67. The van der Waals surface area contributed by atoms with Gasteiger partial charge in [0.1, 0.15) is 6.04 Å². The van der Waals surface area contributed by atoms with E-state index in [1.54, 1.807) is 30.0 Å². The third-order valence-electron chi connectivity index (χ3n) is 5.66. The highest BCUT2D eigenvalue weighted by Crippen LogP contribution is 2.27. The number of nitrogens with one attached hydrogen (secondary N) is 2. The van der Waals surface area contributed by atoms with Crippen LogP contribution in [-0.2, 0) is 9.53 Å². The highest BCUT2D eigenvalue weighted by Gasteiger charge is 2.28. The van der Waals surface area contributed by atoms with E-state index in [2.05, 4.69) is 40.4 Å². The van der Waals surface area contributed by atoms with E-state index in [0.29, 0.717) is 62.5 Å². The number of ether oxygens (including phenoxy) is 1. The highest BCUT2D eigenvalue weighted by atomic mass is 79.9. The number of piperidine rings is 1. The first kappa shape index (κ1) is 23.5. The Morgan fingerprint density at radius 1 is 1.10 bits per heavy atom. The lowest BCUT2D eigenvalue weighted by Gasteiger charge is -2.35. The van der Waals surface area contributed by atoms with Gasteiger partial charge >= 0.3 is 6.03 Å². The smallest absolute Gasteiger partial charge is 0.319 e. The fourth-order valence-corrected chi connectivity index (χ4v) is 4.64. The summed E-state index contributed by atoms with van der Waals surface area (Å²) in [6.07, 6.45) is 1.10. The molecule has 8 nitrogen and oxygen atoms in total. The van der Waals surface area contributed by atoms with Crippen LogP contribution in [0.15, 0.2) is 22.7 Å². The second-order valence-electron chi connectivity index (χ2n) is 8.60. The summed E-state index contributed by atoms with van der Waals surface area (Å²) in [6.45, 7) is 9.40. The number of benzene rings is 1. The average molecular weight is 495 g/mol. The minimum absolute atomic E-state index is 0.104. The molecule has 2 aliphatic heterocycles. The van der Waals surface area contributed by atoms with Crippen LogP contribution in [0.4, 0.5) is 10.5 Å². The lowest BCUT2D eigenvalue weighted by atomic mass is 9.91. The number of hydrogen-bond acceptors (Lipinski definition) is 4. The number of halogens is 1. The zero-order valence-electron chi connectivity index (χ0n) is 18.3. The van der Waals surface area contributed by atoms with Gasteiger partial charge in [-0.05, 0) is 43.4 Å². The number of anilines is 1. The van der Waals surface area contributed by atoms with E-state index in [1.807, 2.05) is 4.90 Å². The molecule has 0 radical (unpaired) electrons. The zero-order valence-corrected chi connectivity index (χ0v) is 19.9. The molecule has 3 atom stereocenters. The van der Waals surface area contributed by atoms with Gasteiger partial charge in [0.2, 0.25) is 5.91 Å². The lowest BCUT2D eigenvalue weighted by molar-refractivity contribution is -0.136. The molecule has 1 aromatic carbocycles. The van der Waals surface area contributed by atoms with Crippen molar-refractivity contribution in [2.24, 2.45) is 11.8 Å². The molecule has 2 heterocycles. The number of rotatable bonds is 4. The second kappa shape index (κ2) is 10.5. The summed E-state index contributed by atoms with van der Waals surface area (Å²) in [6, 6.07) is 3.99. The topological polar surface area (TPSA) is 91.0 Å². The molecule has 9 heteroatoms. The fraction of sp³-hybridized carbons (Fsp3) is 0.591. The standard InChI is InChI=1S/C22H31BrN4O4/c1-14-10-15(2)13-27(12-14)21(29)18-11-17(23)4-5-19(18)25-22(30)24-16(3)20(28)26-6-8-31-9-7-26/h4-5,11,14-16H,6-10,12-13H2,1-3H3,(H2,24,25,30)/t14-,15+,16-/m0/s1. The maximum Gasteiger partial charge on any atom is 0.319 e. The van der Waals surface area contributed by atoms with Gasteiger partial charge in [0.15, 0.2) is 0 Å². The Morgan fingerprint density at radius 2 is 1.74 bits per heavy atom. The van der Waals surface area contributed by atoms with Crippen LogP contribution in [0.1, 0.15) is 37.6 Å². The monoisotopic (exact) mass is 494 g/mol. The third kappa shape index (κ3) is 6.20. The van der Waals surface area contributed by atoms with Crippen LogP contribution in [0.5, 0.6) is 0 Å². The second-order valence-corrected chi connectivity index (χ2v) is 9.52. The van der Waals surface area contributed by atoms with Crippen LogP contribution in [0, 0.1) is 11.8 Å². The average Bonchev–Trinajstić information content (AvgIpc) is 2.73. The number of likely N-dealkylation sites (tertiary alicyclic amines) is 1. The molecular formula is C22H31BrN4O4. The largest absolute Gasteiger partial charge is 0.378 e. The molecular weight excluding hydrogens is 464 g/mol. The van der Waals surface area contributed by atoms with Crippen LogP contribution < -0.4 is 10.6 Å². The molecule has 1 aromatic rings. The Morgan fingerprint density at radius 3 is 2.39 bits per heavy atom. The van der Waals surface area contributed by atoms with Crippen molar-refractivity contribution in [3.63, 3.8) is 0 Å². The number of carbonyl (C=O) groups is 3. The highest BCUT2D eigenvalue weighted by molar-refractivity contribution is 9.10. The summed E-state index contributed by atoms with van der Waals surface area (Å²) < 4.78 is 6.02. The summed E-state index contributed by atoms with van der Waals surface area (Å²) >= 11 is 3.42. The van der Waals surface area contributed by atoms with Crippen molar-refractivity contribution >= 4 is 39.5 Å². The first-order valence-corrected chi connectivity index (χ1v) is 11.6. The van der Waals surface area contributed by atoms with E-state index >= 15 is 0 Å². The number of urea groups is 1. The summed E-state index contributed by atoms with van der Waals surface area (Å²) in [4.78, 5) is 41.9. The molecule has 2 N–H and O–H groups in total. The lowest BCUT2D eigenvalue weighted by Crippen LogP contribution is -2.51. The predicted octanol–water partition coefficient (Wildman–Crippen LogP) is 2.94. The normalized spacial score (nSPS) is 22.6. The maximum atomic E-state index is 13.2. The minimum Gasteiger partial charge on any atom is -0.378 e. The van der Waals surface area contributed by atoms with Gasteiger partial charge in [0.05, 0.1) is 24.5 Å². The number of carbonyl (C=O) groups excluding carboxylic acids is 3. The molecule has 3 rings (SSSR count). The van der Waals surface area contributed by atoms with Crippen LogP contribution in [0.2, 0.25) is 0 Å². The summed E-state index contributed by atoms with van der Waals surface area (Å²) in [5.74, 6) is 0.618. The molecule has 0 saturated carbocycles. The van der Waals surface area contributed by atoms with E-state index in [0.717, 1.165) is 10.9 Å². The summed E-state index contributed by atoms with van der Waals surface area (Å²) in [7, 11) is 0. The summed E-state index contributed by atoms with van der Waals surface area (Å²) in [5, 5.41) is 5.44. The number of nitrogens with zero attached hydrogens (tertiary/aromatic N) is 2. The van der Waals surface area contributed by atoms with Gasteiger partial charge in [0.25, 0.3) is 5.91 Å². The van der Waals surface area contributed by atoms with Crippen LogP contribution in [0.25, 0.3) is 0 Å². The van der Waals surface area contributed by atoms with Crippen molar-refractivity contribution in [3.8, 4) is 0 Å². The van der Waals surface area contributed by atoms with Gasteiger partial charge in [-0.2, -0.15) is 0 Å². The fourth-order valence-electron chi connectivity index (χ4n) is 4.28. The van der Waals surface area contributed by atoms with Gasteiger partial charge in [0, 0.05) is 30.7 Å². The van der Waals surface area contributed by atoms with E-state index in [9.17, 15) is 14.4 Å². The number of hydrogen-bond donors (Lipinski definition) is 2. The Hall–Kier alpha value is -2.13. The van der Waals surface area contributed by atoms with Crippen molar-refractivity contribution in [1.29, 1.82) is 0 Å².